The Kier molecular flexibility index (Phi) is 4.28. The first-order valence-electron chi connectivity index (χ1n) is 9.82. The first-order valence-corrected chi connectivity index (χ1v) is 9.82. The summed E-state index contributed by atoms with van der Waals surface area (Å²) in [5.41, 5.74) is 2.33. The summed E-state index contributed by atoms with van der Waals surface area (Å²) < 4.78 is 7.71. The molecule has 2 N–H and O–H groups in total. The first kappa shape index (κ1) is 17.6. The number of aliphatic hydroxyl groups is 1. The maximum absolute atomic E-state index is 13.0. The van der Waals surface area contributed by atoms with Crippen molar-refractivity contribution in [1.29, 1.82) is 0 Å². The summed E-state index contributed by atoms with van der Waals surface area (Å²) in [6, 6.07) is -0.313. The zero-order valence-electron chi connectivity index (χ0n) is 15.5. The Morgan fingerprint density at radius 2 is 2.29 bits per heavy atom. The smallest absolute Gasteiger partial charge is 0.272 e. The lowest BCUT2D eigenvalue weighted by Crippen LogP contribution is -2.45. The highest BCUT2D eigenvalue weighted by atomic mass is 16.5. The molecule has 2 aromatic rings. The van der Waals surface area contributed by atoms with Crippen LogP contribution in [0.4, 0.5) is 0 Å². The molecule has 3 heterocycles. The number of fused-ring (bicyclic) bond motifs is 3. The average molecular weight is 385 g/mol. The van der Waals surface area contributed by atoms with Crippen LogP contribution >= 0.6 is 0 Å². The van der Waals surface area contributed by atoms with Crippen LogP contribution in [-0.4, -0.2) is 51.6 Å². The number of aromatic nitrogens is 4. The highest BCUT2D eigenvalue weighted by Gasteiger charge is 2.50. The second kappa shape index (κ2) is 6.82. The van der Waals surface area contributed by atoms with Gasteiger partial charge in [0.25, 0.3) is 5.91 Å². The van der Waals surface area contributed by atoms with Crippen LogP contribution in [0, 0.1) is 17.0 Å². The molecule has 0 aromatic carbocycles. The van der Waals surface area contributed by atoms with Crippen molar-refractivity contribution < 1.29 is 19.4 Å². The summed E-state index contributed by atoms with van der Waals surface area (Å²) in [7, 11) is 0. The van der Waals surface area contributed by atoms with E-state index in [4.69, 9.17) is 4.74 Å². The SMILES string of the molecule is O=C(N[C@@H](CO)C1CCOCC1)c1nn(-c2c[n+]([O-])ccn2)c2c1C[C@H]1C[C@@H]21. The lowest BCUT2D eigenvalue weighted by molar-refractivity contribution is -0.605. The number of hydrogen-bond acceptors (Lipinski definition) is 6. The number of ether oxygens (including phenoxy) is 1. The van der Waals surface area contributed by atoms with E-state index in [0.717, 1.165) is 36.9 Å². The predicted molar refractivity (Wildman–Crippen MR) is 96.8 cm³/mol. The van der Waals surface area contributed by atoms with Gasteiger partial charge >= 0.3 is 0 Å². The van der Waals surface area contributed by atoms with Crippen molar-refractivity contribution in [2.24, 2.45) is 11.8 Å². The molecule has 0 bridgehead atoms. The summed E-state index contributed by atoms with van der Waals surface area (Å²) in [6.07, 6.45) is 7.67. The summed E-state index contributed by atoms with van der Waals surface area (Å²) in [6.45, 7) is 1.19. The van der Waals surface area contributed by atoms with Gasteiger partial charge in [0.2, 0.25) is 12.0 Å². The number of nitrogens with one attached hydrogen (secondary N) is 1. The fraction of sp³-hybridized carbons (Fsp3) is 0.579. The van der Waals surface area contributed by atoms with Crippen LogP contribution in [0.3, 0.4) is 0 Å². The van der Waals surface area contributed by atoms with Crippen molar-refractivity contribution in [3.05, 3.63) is 40.7 Å². The van der Waals surface area contributed by atoms with Crippen LogP contribution in [0.15, 0.2) is 18.6 Å². The van der Waals surface area contributed by atoms with Crippen LogP contribution in [0.25, 0.3) is 5.82 Å². The molecule has 1 saturated heterocycles. The van der Waals surface area contributed by atoms with E-state index in [2.05, 4.69) is 15.4 Å². The van der Waals surface area contributed by atoms with Crippen LogP contribution in [0.2, 0.25) is 0 Å². The van der Waals surface area contributed by atoms with E-state index in [-0.39, 0.29) is 24.5 Å². The second-order valence-corrected chi connectivity index (χ2v) is 7.92. The van der Waals surface area contributed by atoms with Gasteiger partial charge < -0.3 is 20.4 Å². The van der Waals surface area contributed by atoms with Crippen LogP contribution in [0.1, 0.15) is 46.9 Å². The minimum Gasteiger partial charge on any atom is -0.619 e. The van der Waals surface area contributed by atoms with Gasteiger partial charge in [-0.3, -0.25) is 4.79 Å². The fourth-order valence-electron chi connectivity index (χ4n) is 4.62. The molecule has 1 amide bonds. The Bertz CT molecular complexity index is 908. The van der Waals surface area contributed by atoms with Gasteiger partial charge in [-0.1, -0.05) is 0 Å². The van der Waals surface area contributed by atoms with Gasteiger partial charge in [0.05, 0.1) is 24.5 Å². The third-order valence-corrected chi connectivity index (χ3v) is 6.21. The summed E-state index contributed by atoms with van der Waals surface area (Å²) in [5, 5.41) is 29.0. The standard InChI is InChI=1S/C19H23N5O4/c25-10-15(11-1-5-28-6-2-11)21-19(26)17-14-8-12-7-13(12)18(14)24(22-17)16-9-23(27)4-3-20-16/h3-4,9,11-13,15,25H,1-2,5-8,10H2,(H,21,26)/t12-,13-,15+/m1/s1. The maximum Gasteiger partial charge on any atom is 0.272 e. The highest BCUT2D eigenvalue weighted by Crippen LogP contribution is 2.57. The molecule has 0 unspecified atom stereocenters. The molecule has 0 radical (unpaired) electrons. The minimum atomic E-state index is -0.313. The number of aliphatic hydroxyl groups excluding tert-OH is 1. The lowest BCUT2D eigenvalue weighted by atomic mass is 9.92. The van der Waals surface area contributed by atoms with Gasteiger partial charge in [-0.15, -0.1) is 0 Å². The van der Waals surface area contributed by atoms with Gasteiger partial charge in [0.1, 0.15) is 0 Å². The van der Waals surface area contributed by atoms with Crippen molar-refractivity contribution in [3.8, 4) is 5.82 Å². The number of amides is 1. The second-order valence-electron chi connectivity index (χ2n) is 7.92. The topological polar surface area (TPSA) is 116 Å². The molecule has 9 heteroatoms. The molecule has 1 aliphatic heterocycles. The first-order chi connectivity index (χ1) is 13.7. The molecular weight excluding hydrogens is 362 g/mol. The molecule has 28 heavy (non-hydrogen) atoms. The monoisotopic (exact) mass is 385 g/mol. The number of carbonyl (C=O) groups is 1. The van der Waals surface area contributed by atoms with Crippen LogP contribution in [-0.2, 0) is 11.2 Å². The number of nitrogens with zero attached hydrogens (tertiary/aromatic N) is 4. The van der Waals surface area contributed by atoms with Gasteiger partial charge in [0.15, 0.2) is 11.9 Å². The van der Waals surface area contributed by atoms with E-state index in [0.29, 0.717) is 41.3 Å². The van der Waals surface area contributed by atoms with Gasteiger partial charge in [-0.05, 0) is 37.5 Å². The Morgan fingerprint density at radius 3 is 3.04 bits per heavy atom. The third kappa shape index (κ3) is 2.94. The van der Waals surface area contributed by atoms with Gasteiger partial charge in [0, 0.05) is 24.7 Å². The Labute approximate surface area is 161 Å². The van der Waals surface area contributed by atoms with Crippen molar-refractivity contribution in [2.75, 3.05) is 19.8 Å². The summed E-state index contributed by atoms with van der Waals surface area (Å²) in [4.78, 5) is 17.3. The molecule has 9 nitrogen and oxygen atoms in total. The minimum absolute atomic E-state index is 0.110. The lowest BCUT2D eigenvalue weighted by Gasteiger charge is -2.29. The Balaban J connectivity index is 1.44. The number of hydrogen-bond donors (Lipinski definition) is 2. The van der Waals surface area contributed by atoms with Gasteiger partial charge in [-0.2, -0.15) is 9.83 Å². The predicted octanol–water partition coefficient (Wildman–Crippen LogP) is 0.0776. The summed E-state index contributed by atoms with van der Waals surface area (Å²) in [5.74, 6) is 1.28. The third-order valence-electron chi connectivity index (χ3n) is 6.21. The average Bonchev–Trinajstić information content (AvgIpc) is 3.21. The number of rotatable bonds is 5. The molecule has 2 fully saturated rings. The molecular formula is C19H23N5O4. The molecule has 148 valence electrons. The van der Waals surface area contributed by atoms with Crippen molar-refractivity contribution in [2.45, 2.75) is 37.6 Å². The van der Waals surface area contributed by atoms with Crippen LogP contribution < -0.4 is 10.0 Å². The maximum atomic E-state index is 13.0. The Hall–Kier alpha value is -2.52. The van der Waals surface area contributed by atoms with Crippen molar-refractivity contribution >= 4 is 5.91 Å². The zero-order chi connectivity index (χ0) is 19.3. The van der Waals surface area contributed by atoms with Crippen molar-refractivity contribution in [1.82, 2.24) is 20.1 Å². The molecule has 2 aromatic heterocycles. The number of carbonyl (C=O) groups excluding carboxylic acids is 1. The zero-order valence-corrected chi connectivity index (χ0v) is 15.5. The normalized spacial score (nSPS) is 24.5. The molecule has 3 atom stereocenters. The van der Waals surface area contributed by atoms with E-state index < -0.39 is 0 Å². The molecule has 1 saturated carbocycles. The molecule has 3 aliphatic rings. The van der Waals surface area contributed by atoms with E-state index in [1.54, 1.807) is 4.68 Å². The fourth-order valence-corrected chi connectivity index (χ4v) is 4.62. The van der Waals surface area contributed by atoms with Crippen LogP contribution in [0.5, 0.6) is 0 Å². The Morgan fingerprint density at radius 1 is 1.46 bits per heavy atom. The van der Waals surface area contributed by atoms with E-state index in [1.165, 1.54) is 18.6 Å². The van der Waals surface area contributed by atoms with Gasteiger partial charge in [-0.25, -0.2) is 9.67 Å². The molecule has 2 aliphatic carbocycles. The van der Waals surface area contributed by atoms with E-state index >= 15 is 0 Å². The van der Waals surface area contributed by atoms with Crippen molar-refractivity contribution in [3.63, 3.8) is 0 Å². The quantitative estimate of drug-likeness (QED) is 0.556. The van der Waals surface area contributed by atoms with E-state index in [9.17, 15) is 15.1 Å². The highest BCUT2D eigenvalue weighted by molar-refractivity contribution is 5.94. The molecule has 0 spiro atoms. The largest absolute Gasteiger partial charge is 0.619 e. The molecule has 5 rings (SSSR count). The summed E-state index contributed by atoms with van der Waals surface area (Å²) >= 11 is 0. The van der Waals surface area contributed by atoms with E-state index in [1.807, 2.05) is 0 Å².